The molecule has 1 heterocycles. The molecule has 136 valence electrons. The number of halogens is 1. The summed E-state index contributed by atoms with van der Waals surface area (Å²) in [6.07, 6.45) is 2.84. The van der Waals surface area contributed by atoms with Gasteiger partial charge in [0.15, 0.2) is 5.78 Å². The number of amides is 1. The standard InChI is InChI=1S/C20H17ClN4O2/c1-12-6-7-15(21)9-17(12)25-20(27)18-10-23-19(11-22-18)24-16-5-3-4-14(8-16)13(2)26/h3-11H,1-2H3,(H,23,24)(H,25,27). The maximum absolute atomic E-state index is 12.4. The minimum absolute atomic E-state index is 0.0203. The number of aromatic nitrogens is 2. The van der Waals surface area contributed by atoms with Crippen LogP contribution in [0.25, 0.3) is 0 Å². The first-order valence-electron chi connectivity index (χ1n) is 8.20. The van der Waals surface area contributed by atoms with Gasteiger partial charge in [0, 0.05) is 22.0 Å². The van der Waals surface area contributed by atoms with Gasteiger partial charge in [0.2, 0.25) is 0 Å². The van der Waals surface area contributed by atoms with Crippen LogP contribution in [0.1, 0.15) is 33.3 Å². The highest BCUT2D eigenvalue weighted by molar-refractivity contribution is 6.31. The van der Waals surface area contributed by atoms with Gasteiger partial charge in [0.1, 0.15) is 11.5 Å². The van der Waals surface area contributed by atoms with E-state index in [1.807, 2.05) is 19.1 Å². The molecule has 3 aromatic rings. The second kappa shape index (κ2) is 7.97. The molecule has 2 aromatic carbocycles. The second-order valence-corrected chi connectivity index (χ2v) is 6.40. The molecule has 0 atom stereocenters. The van der Waals surface area contributed by atoms with Crippen LogP contribution in [0.15, 0.2) is 54.9 Å². The molecule has 3 rings (SSSR count). The molecule has 1 amide bonds. The van der Waals surface area contributed by atoms with E-state index in [-0.39, 0.29) is 17.4 Å². The van der Waals surface area contributed by atoms with E-state index in [9.17, 15) is 9.59 Å². The number of hydrogen-bond acceptors (Lipinski definition) is 5. The number of benzene rings is 2. The summed E-state index contributed by atoms with van der Waals surface area (Å²) in [6.45, 7) is 3.38. The zero-order chi connectivity index (χ0) is 19.4. The smallest absolute Gasteiger partial charge is 0.275 e. The lowest BCUT2D eigenvalue weighted by atomic mass is 10.1. The van der Waals surface area contributed by atoms with Gasteiger partial charge in [-0.05, 0) is 43.7 Å². The number of Topliss-reactive ketones (excluding diaryl/α,β-unsaturated/α-hetero) is 1. The average Bonchev–Trinajstić information content (AvgIpc) is 2.65. The Kier molecular flexibility index (Phi) is 5.47. The number of carbonyl (C=O) groups excluding carboxylic acids is 2. The fourth-order valence-electron chi connectivity index (χ4n) is 2.39. The number of rotatable bonds is 5. The van der Waals surface area contributed by atoms with Gasteiger partial charge in [-0.25, -0.2) is 9.97 Å². The topological polar surface area (TPSA) is 84.0 Å². The van der Waals surface area contributed by atoms with Crippen LogP contribution in [0, 0.1) is 6.92 Å². The van der Waals surface area contributed by atoms with Crippen LogP contribution >= 0.6 is 11.6 Å². The molecule has 0 aliphatic carbocycles. The summed E-state index contributed by atoms with van der Waals surface area (Å²) < 4.78 is 0. The monoisotopic (exact) mass is 380 g/mol. The highest BCUT2D eigenvalue weighted by atomic mass is 35.5. The van der Waals surface area contributed by atoms with Crippen LogP contribution in [0.2, 0.25) is 5.02 Å². The van der Waals surface area contributed by atoms with E-state index in [2.05, 4.69) is 20.6 Å². The lowest BCUT2D eigenvalue weighted by Crippen LogP contribution is -2.15. The Morgan fingerprint density at radius 2 is 1.85 bits per heavy atom. The Bertz CT molecular complexity index is 1000. The van der Waals surface area contributed by atoms with Crippen LogP contribution in [0.5, 0.6) is 0 Å². The van der Waals surface area contributed by atoms with E-state index < -0.39 is 0 Å². The molecule has 0 radical (unpaired) electrons. The molecule has 0 aliphatic rings. The third kappa shape index (κ3) is 4.68. The largest absolute Gasteiger partial charge is 0.339 e. The number of ketones is 1. The van der Waals surface area contributed by atoms with Crippen molar-refractivity contribution in [1.29, 1.82) is 0 Å². The maximum atomic E-state index is 12.4. The third-order valence-corrected chi connectivity index (χ3v) is 4.11. The molecule has 1 aromatic heterocycles. The van der Waals surface area contributed by atoms with Crippen LogP contribution in [-0.2, 0) is 0 Å². The summed E-state index contributed by atoms with van der Waals surface area (Å²) >= 11 is 5.97. The first-order chi connectivity index (χ1) is 12.9. The van der Waals surface area contributed by atoms with Crippen LogP contribution in [-0.4, -0.2) is 21.7 Å². The SMILES string of the molecule is CC(=O)c1cccc(Nc2cnc(C(=O)Nc3cc(Cl)ccc3C)cn2)c1. The highest BCUT2D eigenvalue weighted by Gasteiger charge is 2.11. The zero-order valence-electron chi connectivity index (χ0n) is 14.8. The van der Waals surface area contributed by atoms with Crippen molar-refractivity contribution >= 4 is 40.5 Å². The van der Waals surface area contributed by atoms with Crippen LogP contribution in [0.3, 0.4) is 0 Å². The van der Waals surface area contributed by atoms with Crippen molar-refractivity contribution < 1.29 is 9.59 Å². The summed E-state index contributed by atoms with van der Waals surface area (Å²) in [5, 5.41) is 6.37. The molecule has 0 unspecified atom stereocenters. The number of nitrogens with one attached hydrogen (secondary N) is 2. The van der Waals surface area contributed by atoms with Crippen molar-refractivity contribution in [3.05, 3.63) is 76.7 Å². The Morgan fingerprint density at radius 3 is 2.56 bits per heavy atom. The minimum atomic E-state index is -0.377. The fourth-order valence-corrected chi connectivity index (χ4v) is 2.56. The van der Waals surface area contributed by atoms with Crippen molar-refractivity contribution in [2.45, 2.75) is 13.8 Å². The van der Waals surface area contributed by atoms with Gasteiger partial charge in [0.25, 0.3) is 5.91 Å². The molecule has 0 spiro atoms. The Morgan fingerprint density at radius 1 is 1.04 bits per heavy atom. The molecule has 0 aliphatic heterocycles. The molecular weight excluding hydrogens is 364 g/mol. The number of aryl methyl sites for hydroxylation is 1. The predicted molar refractivity (Wildman–Crippen MR) is 106 cm³/mol. The minimum Gasteiger partial charge on any atom is -0.339 e. The maximum Gasteiger partial charge on any atom is 0.275 e. The van der Waals surface area contributed by atoms with Gasteiger partial charge in [-0.2, -0.15) is 0 Å². The Labute approximate surface area is 161 Å². The third-order valence-electron chi connectivity index (χ3n) is 3.87. The Balaban J connectivity index is 1.71. The first kappa shape index (κ1) is 18.5. The molecule has 2 N–H and O–H groups in total. The molecule has 0 saturated carbocycles. The Hall–Kier alpha value is -3.25. The van der Waals surface area contributed by atoms with Crippen molar-refractivity contribution in [1.82, 2.24) is 9.97 Å². The van der Waals surface area contributed by atoms with E-state index >= 15 is 0 Å². The summed E-state index contributed by atoms with van der Waals surface area (Å²) in [6, 6.07) is 12.3. The van der Waals surface area contributed by atoms with Gasteiger partial charge in [-0.3, -0.25) is 9.59 Å². The van der Waals surface area contributed by atoms with E-state index in [1.165, 1.54) is 19.3 Å². The van der Waals surface area contributed by atoms with Gasteiger partial charge in [-0.15, -0.1) is 0 Å². The number of nitrogens with zero attached hydrogens (tertiary/aromatic N) is 2. The lowest BCUT2D eigenvalue weighted by molar-refractivity contribution is 0.101. The van der Waals surface area contributed by atoms with E-state index in [4.69, 9.17) is 11.6 Å². The summed E-state index contributed by atoms with van der Waals surface area (Å²) in [5.74, 6) is 0.0669. The van der Waals surface area contributed by atoms with Crippen molar-refractivity contribution in [2.24, 2.45) is 0 Å². The van der Waals surface area contributed by atoms with Gasteiger partial charge >= 0.3 is 0 Å². The molecular formula is C20H17ClN4O2. The predicted octanol–water partition coefficient (Wildman–Crippen LogP) is 4.64. The number of anilines is 3. The van der Waals surface area contributed by atoms with Crippen molar-refractivity contribution in [3.8, 4) is 0 Å². The van der Waals surface area contributed by atoms with Crippen molar-refractivity contribution in [3.63, 3.8) is 0 Å². The van der Waals surface area contributed by atoms with E-state index in [0.717, 1.165) is 5.56 Å². The normalized spacial score (nSPS) is 10.3. The summed E-state index contributed by atoms with van der Waals surface area (Å²) in [7, 11) is 0. The van der Waals surface area contributed by atoms with Gasteiger partial charge in [-0.1, -0.05) is 29.8 Å². The molecule has 7 heteroatoms. The van der Waals surface area contributed by atoms with E-state index in [0.29, 0.717) is 27.8 Å². The molecule has 6 nitrogen and oxygen atoms in total. The number of hydrogen-bond donors (Lipinski definition) is 2. The second-order valence-electron chi connectivity index (χ2n) is 5.96. The first-order valence-corrected chi connectivity index (χ1v) is 8.58. The molecule has 27 heavy (non-hydrogen) atoms. The molecule has 0 bridgehead atoms. The van der Waals surface area contributed by atoms with Crippen molar-refractivity contribution in [2.75, 3.05) is 10.6 Å². The average molecular weight is 381 g/mol. The van der Waals surface area contributed by atoms with Gasteiger partial charge < -0.3 is 10.6 Å². The molecule has 0 saturated heterocycles. The lowest BCUT2D eigenvalue weighted by Gasteiger charge is -2.09. The summed E-state index contributed by atoms with van der Waals surface area (Å²) in [4.78, 5) is 32.2. The highest BCUT2D eigenvalue weighted by Crippen LogP contribution is 2.21. The number of carbonyl (C=O) groups is 2. The fraction of sp³-hybridized carbons (Fsp3) is 0.100. The van der Waals surface area contributed by atoms with Gasteiger partial charge in [0.05, 0.1) is 12.4 Å². The summed E-state index contributed by atoms with van der Waals surface area (Å²) in [5.41, 5.74) is 3.00. The van der Waals surface area contributed by atoms with Crippen LogP contribution in [0.4, 0.5) is 17.2 Å². The van der Waals surface area contributed by atoms with Crippen LogP contribution < -0.4 is 10.6 Å². The molecule has 0 fully saturated rings. The zero-order valence-corrected chi connectivity index (χ0v) is 15.5. The van der Waals surface area contributed by atoms with E-state index in [1.54, 1.807) is 30.3 Å². The quantitative estimate of drug-likeness (QED) is 0.630.